The third kappa shape index (κ3) is 3.29. The van der Waals surface area contributed by atoms with Crippen molar-refractivity contribution in [3.63, 3.8) is 0 Å². The molecule has 0 atom stereocenters. The average Bonchev–Trinajstić information content (AvgIpc) is 3.29. The van der Waals surface area contributed by atoms with Gasteiger partial charge in [-0.3, -0.25) is 4.79 Å². The first-order valence-electron chi connectivity index (χ1n) is 8.25. The van der Waals surface area contributed by atoms with Crippen LogP contribution < -0.4 is 20.1 Å². The van der Waals surface area contributed by atoms with Crippen LogP contribution in [0.5, 0.6) is 11.5 Å². The number of carbonyl (C=O) groups is 1. The number of ether oxygens (including phenoxy) is 2. The second-order valence-electron chi connectivity index (χ2n) is 6.08. The maximum atomic E-state index is 12.5. The Kier molecular flexibility index (Phi) is 4.50. The molecule has 0 aliphatic carbocycles. The van der Waals surface area contributed by atoms with Crippen LogP contribution in [0.15, 0.2) is 22.7 Å². The van der Waals surface area contributed by atoms with Gasteiger partial charge in [0.25, 0.3) is 5.91 Å². The second kappa shape index (κ2) is 6.93. The number of benzene rings is 1. The molecule has 2 N–H and O–H groups in total. The maximum Gasteiger partial charge on any atom is 0.257 e. The van der Waals surface area contributed by atoms with Gasteiger partial charge in [0.1, 0.15) is 5.56 Å². The van der Waals surface area contributed by atoms with Crippen LogP contribution in [0.1, 0.15) is 40.6 Å². The van der Waals surface area contributed by atoms with Gasteiger partial charge in [0.15, 0.2) is 17.3 Å². The highest BCUT2D eigenvalue weighted by atomic mass is 35.5. The summed E-state index contributed by atoms with van der Waals surface area (Å²) < 4.78 is 16.0. The number of carbonyl (C=O) groups excluding carboxylic acids is 1. The zero-order valence-electron chi connectivity index (χ0n) is 13.5. The molecule has 0 saturated carbocycles. The summed E-state index contributed by atoms with van der Waals surface area (Å²) in [5.74, 6) is 1.57. The quantitative estimate of drug-likeness (QED) is 0.867. The summed E-state index contributed by atoms with van der Waals surface area (Å²) in [7, 11) is 0. The normalized spacial score (nSPS) is 16.8. The van der Waals surface area contributed by atoms with Crippen LogP contribution in [0.4, 0.5) is 0 Å². The monoisotopic (exact) mass is 363 g/mol. The van der Waals surface area contributed by atoms with Gasteiger partial charge in [-0.05, 0) is 38.1 Å². The van der Waals surface area contributed by atoms with Crippen molar-refractivity contribution in [1.82, 2.24) is 15.8 Å². The van der Waals surface area contributed by atoms with E-state index in [9.17, 15) is 4.79 Å². The number of fused-ring (bicyclic) bond motifs is 1. The van der Waals surface area contributed by atoms with Gasteiger partial charge < -0.3 is 24.6 Å². The Balaban J connectivity index is 1.43. The number of halogens is 1. The van der Waals surface area contributed by atoms with Gasteiger partial charge in [-0.15, -0.1) is 0 Å². The fourth-order valence-electron chi connectivity index (χ4n) is 3.14. The molecule has 1 aromatic carbocycles. The molecule has 8 heteroatoms. The van der Waals surface area contributed by atoms with Crippen LogP contribution in [0.25, 0.3) is 0 Å². The molecule has 2 aliphatic rings. The Morgan fingerprint density at radius 2 is 2.16 bits per heavy atom. The summed E-state index contributed by atoms with van der Waals surface area (Å²) in [6.45, 7) is 2.29. The molecule has 1 fully saturated rings. The minimum atomic E-state index is -0.341. The van der Waals surface area contributed by atoms with Crippen LogP contribution in [-0.4, -0.2) is 30.9 Å². The second-order valence-corrected chi connectivity index (χ2v) is 6.49. The van der Waals surface area contributed by atoms with E-state index in [0.717, 1.165) is 31.6 Å². The molecule has 0 spiro atoms. The minimum absolute atomic E-state index is 0.0810. The maximum absolute atomic E-state index is 12.5. The van der Waals surface area contributed by atoms with Gasteiger partial charge in [-0.1, -0.05) is 16.8 Å². The predicted molar refractivity (Wildman–Crippen MR) is 90.1 cm³/mol. The molecule has 132 valence electrons. The lowest BCUT2D eigenvalue weighted by molar-refractivity contribution is 0.0942. The first kappa shape index (κ1) is 16.2. The van der Waals surface area contributed by atoms with Gasteiger partial charge in [0.05, 0.1) is 17.3 Å². The molecule has 0 radical (unpaired) electrons. The lowest BCUT2D eigenvalue weighted by Crippen LogP contribution is -2.26. The fraction of sp³-hybridized carbons (Fsp3) is 0.412. The zero-order valence-corrected chi connectivity index (χ0v) is 14.3. The number of nitrogens with zero attached hydrogens (tertiary/aromatic N) is 1. The molecule has 2 aliphatic heterocycles. The lowest BCUT2D eigenvalue weighted by atomic mass is 9.95. The number of piperidine rings is 1. The van der Waals surface area contributed by atoms with Crippen molar-refractivity contribution >= 4 is 17.5 Å². The van der Waals surface area contributed by atoms with Gasteiger partial charge in [0, 0.05) is 12.0 Å². The third-order valence-corrected chi connectivity index (χ3v) is 4.79. The van der Waals surface area contributed by atoms with E-state index < -0.39 is 0 Å². The Bertz CT molecular complexity index is 786. The van der Waals surface area contributed by atoms with E-state index in [1.807, 2.05) is 6.07 Å². The summed E-state index contributed by atoms with van der Waals surface area (Å²) in [6, 6.07) is 5.21. The minimum Gasteiger partial charge on any atom is -0.454 e. The zero-order chi connectivity index (χ0) is 17.2. The van der Waals surface area contributed by atoms with Crippen molar-refractivity contribution in [1.29, 1.82) is 0 Å². The molecular formula is C17H18ClN3O4. The molecule has 1 saturated heterocycles. The van der Waals surface area contributed by atoms with Crippen LogP contribution in [-0.2, 0) is 6.54 Å². The molecule has 7 nitrogen and oxygen atoms in total. The van der Waals surface area contributed by atoms with Crippen molar-refractivity contribution in [2.45, 2.75) is 25.3 Å². The van der Waals surface area contributed by atoms with Crippen molar-refractivity contribution in [3.8, 4) is 11.5 Å². The lowest BCUT2D eigenvalue weighted by Gasteiger charge is -2.19. The van der Waals surface area contributed by atoms with E-state index in [4.69, 9.17) is 25.6 Å². The average molecular weight is 364 g/mol. The summed E-state index contributed by atoms with van der Waals surface area (Å²) in [6.07, 6.45) is 2.09. The molecule has 1 aromatic heterocycles. The Morgan fingerprint density at radius 1 is 1.32 bits per heavy atom. The number of hydrogen-bond donors (Lipinski definition) is 2. The summed E-state index contributed by atoms with van der Waals surface area (Å²) in [4.78, 5) is 12.5. The highest BCUT2D eigenvalue weighted by Gasteiger charge is 2.25. The SMILES string of the molecule is O=C(NCc1cc(C2CCNCC2)no1)c1c(Cl)ccc2c1OCO2. The van der Waals surface area contributed by atoms with Gasteiger partial charge in [0.2, 0.25) is 6.79 Å². The molecule has 25 heavy (non-hydrogen) atoms. The van der Waals surface area contributed by atoms with Crippen LogP contribution >= 0.6 is 11.6 Å². The van der Waals surface area contributed by atoms with E-state index in [1.165, 1.54) is 0 Å². The predicted octanol–water partition coefficient (Wildman–Crippen LogP) is 2.45. The molecule has 2 aromatic rings. The van der Waals surface area contributed by atoms with E-state index in [1.54, 1.807) is 12.1 Å². The van der Waals surface area contributed by atoms with E-state index in [2.05, 4.69) is 15.8 Å². The Morgan fingerprint density at radius 3 is 3.00 bits per heavy atom. The van der Waals surface area contributed by atoms with Gasteiger partial charge >= 0.3 is 0 Å². The van der Waals surface area contributed by atoms with Gasteiger partial charge in [-0.25, -0.2) is 0 Å². The van der Waals surface area contributed by atoms with Crippen molar-refractivity contribution in [2.24, 2.45) is 0 Å². The standard InChI is InChI=1S/C17H18ClN3O4/c18-12-1-2-14-16(24-9-23-14)15(12)17(22)20-8-11-7-13(21-25-11)10-3-5-19-6-4-10/h1-2,7,10,19H,3-6,8-9H2,(H,20,22). The van der Waals surface area contributed by atoms with E-state index in [0.29, 0.717) is 28.2 Å². The topological polar surface area (TPSA) is 85.6 Å². The number of rotatable bonds is 4. The number of aromatic nitrogens is 1. The highest BCUT2D eigenvalue weighted by molar-refractivity contribution is 6.34. The summed E-state index contributed by atoms with van der Waals surface area (Å²) >= 11 is 6.15. The largest absolute Gasteiger partial charge is 0.454 e. The fourth-order valence-corrected chi connectivity index (χ4v) is 3.37. The van der Waals surface area contributed by atoms with Crippen molar-refractivity contribution in [2.75, 3.05) is 19.9 Å². The Hall–Kier alpha value is -2.25. The van der Waals surface area contributed by atoms with Crippen molar-refractivity contribution in [3.05, 3.63) is 40.2 Å². The van der Waals surface area contributed by atoms with Crippen LogP contribution in [0, 0.1) is 0 Å². The summed E-state index contributed by atoms with van der Waals surface area (Å²) in [5.41, 5.74) is 1.22. The van der Waals surface area contributed by atoms with Crippen LogP contribution in [0.3, 0.4) is 0 Å². The van der Waals surface area contributed by atoms with E-state index >= 15 is 0 Å². The number of amides is 1. The summed E-state index contributed by atoms with van der Waals surface area (Å²) in [5, 5.41) is 10.6. The molecule has 0 unspecified atom stereocenters. The van der Waals surface area contributed by atoms with Crippen LogP contribution in [0.2, 0.25) is 5.02 Å². The molecule has 1 amide bonds. The highest BCUT2D eigenvalue weighted by Crippen LogP contribution is 2.39. The molecular weight excluding hydrogens is 346 g/mol. The Labute approximate surface area is 149 Å². The smallest absolute Gasteiger partial charge is 0.257 e. The first-order chi connectivity index (χ1) is 12.2. The number of hydrogen-bond acceptors (Lipinski definition) is 6. The first-order valence-corrected chi connectivity index (χ1v) is 8.62. The number of nitrogens with one attached hydrogen (secondary N) is 2. The van der Waals surface area contributed by atoms with Gasteiger partial charge in [-0.2, -0.15) is 0 Å². The molecule has 4 rings (SSSR count). The van der Waals surface area contributed by atoms with Crippen molar-refractivity contribution < 1.29 is 18.8 Å². The molecule has 0 bridgehead atoms. The van der Waals surface area contributed by atoms with E-state index in [-0.39, 0.29) is 24.8 Å². The third-order valence-electron chi connectivity index (χ3n) is 4.47. The molecule has 3 heterocycles.